The van der Waals surface area contributed by atoms with Crippen molar-refractivity contribution in [2.45, 2.75) is 0 Å². The number of benzene rings is 1. The summed E-state index contributed by atoms with van der Waals surface area (Å²) in [6.07, 6.45) is 0. The van der Waals surface area contributed by atoms with Gasteiger partial charge in [-0.3, -0.25) is 0 Å². The van der Waals surface area contributed by atoms with Gasteiger partial charge in [-0.05, 0) is 12.1 Å². The van der Waals surface area contributed by atoms with Crippen molar-refractivity contribution in [3.05, 3.63) is 18.2 Å². The van der Waals surface area contributed by atoms with Crippen LogP contribution in [0.3, 0.4) is 0 Å². The van der Waals surface area contributed by atoms with E-state index in [1.54, 1.807) is 32.4 Å². The van der Waals surface area contributed by atoms with Crippen molar-refractivity contribution in [2.75, 3.05) is 20.8 Å². The van der Waals surface area contributed by atoms with Crippen molar-refractivity contribution < 1.29 is 14.2 Å². The van der Waals surface area contributed by atoms with Crippen LogP contribution in [-0.4, -0.2) is 20.8 Å². The van der Waals surface area contributed by atoms with Crippen LogP contribution in [0, 0.1) is 11.3 Å². The highest BCUT2D eigenvalue weighted by Crippen LogP contribution is 2.30. The quantitative estimate of drug-likeness (QED) is 0.728. The Labute approximate surface area is 82.6 Å². The van der Waals surface area contributed by atoms with Gasteiger partial charge < -0.3 is 14.2 Å². The number of rotatable bonds is 4. The lowest BCUT2D eigenvalue weighted by molar-refractivity contribution is 0.325. The van der Waals surface area contributed by atoms with E-state index in [2.05, 4.69) is 0 Å². The van der Waals surface area contributed by atoms with Gasteiger partial charge in [0.15, 0.2) is 18.1 Å². The lowest BCUT2D eigenvalue weighted by Gasteiger charge is -2.09. The smallest absolute Gasteiger partial charge is 0.174 e. The molecule has 4 heteroatoms. The van der Waals surface area contributed by atoms with Crippen LogP contribution >= 0.6 is 0 Å². The van der Waals surface area contributed by atoms with Crippen LogP contribution in [0.15, 0.2) is 18.2 Å². The van der Waals surface area contributed by atoms with E-state index in [9.17, 15) is 0 Å². The summed E-state index contributed by atoms with van der Waals surface area (Å²) in [7, 11) is 3.11. The van der Waals surface area contributed by atoms with Crippen molar-refractivity contribution in [3.8, 4) is 23.3 Å². The topological polar surface area (TPSA) is 51.5 Å². The van der Waals surface area contributed by atoms with Crippen LogP contribution in [0.1, 0.15) is 0 Å². The van der Waals surface area contributed by atoms with Gasteiger partial charge in [-0.2, -0.15) is 5.26 Å². The number of methoxy groups -OCH3 is 2. The molecule has 14 heavy (non-hydrogen) atoms. The van der Waals surface area contributed by atoms with E-state index in [0.717, 1.165) is 0 Å². The summed E-state index contributed by atoms with van der Waals surface area (Å²) in [5, 5.41) is 8.37. The van der Waals surface area contributed by atoms with Gasteiger partial charge >= 0.3 is 0 Å². The first-order chi connectivity index (χ1) is 6.81. The van der Waals surface area contributed by atoms with Crippen molar-refractivity contribution >= 4 is 0 Å². The normalized spacial score (nSPS) is 8.93. The number of nitriles is 1. The molecule has 0 atom stereocenters. The third-order valence-electron chi connectivity index (χ3n) is 1.66. The molecule has 0 heterocycles. The fourth-order valence-corrected chi connectivity index (χ4v) is 1.01. The molecule has 0 bridgehead atoms. The Bertz CT molecular complexity index is 344. The van der Waals surface area contributed by atoms with Gasteiger partial charge in [-0.1, -0.05) is 0 Å². The van der Waals surface area contributed by atoms with Gasteiger partial charge in [0, 0.05) is 6.07 Å². The summed E-state index contributed by atoms with van der Waals surface area (Å²) in [6.45, 7) is -0.0104. The van der Waals surface area contributed by atoms with Gasteiger partial charge in [-0.25, -0.2) is 0 Å². The second kappa shape index (κ2) is 4.97. The Morgan fingerprint density at radius 3 is 2.57 bits per heavy atom. The number of hydrogen-bond donors (Lipinski definition) is 0. The Hall–Kier alpha value is -1.89. The predicted molar refractivity (Wildman–Crippen MR) is 50.7 cm³/mol. The molecular weight excluding hydrogens is 182 g/mol. The Morgan fingerprint density at radius 1 is 1.21 bits per heavy atom. The van der Waals surface area contributed by atoms with Crippen LogP contribution in [0.4, 0.5) is 0 Å². The van der Waals surface area contributed by atoms with Gasteiger partial charge in [-0.15, -0.1) is 0 Å². The first-order valence-electron chi connectivity index (χ1n) is 4.03. The number of hydrogen-bond acceptors (Lipinski definition) is 4. The number of nitrogens with zero attached hydrogens (tertiary/aromatic N) is 1. The minimum atomic E-state index is -0.0104. The molecule has 0 radical (unpaired) electrons. The maximum Gasteiger partial charge on any atom is 0.174 e. The molecule has 0 aliphatic rings. The molecule has 0 N–H and O–H groups in total. The second-order valence-electron chi connectivity index (χ2n) is 2.46. The average molecular weight is 193 g/mol. The van der Waals surface area contributed by atoms with E-state index in [-0.39, 0.29) is 6.61 Å². The average Bonchev–Trinajstić information content (AvgIpc) is 2.25. The maximum atomic E-state index is 8.37. The van der Waals surface area contributed by atoms with Crippen LogP contribution in [0.5, 0.6) is 17.2 Å². The third kappa shape index (κ3) is 2.30. The predicted octanol–water partition coefficient (Wildman–Crippen LogP) is 1.61. The summed E-state index contributed by atoms with van der Waals surface area (Å²) in [5.74, 6) is 1.76. The molecule has 0 fully saturated rings. The molecule has 0 spiro atoms. The molecule has 0 saturated heterocycles. The fraction of sp³-hybridized carbons (Fsp3) is 0.300. The molecule has 0 amide bonds. The largest absolute Gasteiger partial charge is 0.497 e. The summed E-state index contributed by atoms with van der Waals surface area (Å²) in [4.78, 5) is 0. The van der Waals surface area contributed by atoms with Gasteiger partial charge in [0.25, 0.3) is 0 Å². The molecule has 0 aliphatic heterocycles. The zero-order valence-corrected chi connectivity index (χ0v) is 8.11. The summed E-state index contributed by atoms with van der Waals surface area (Å²) >= 11 is 0. The molecule has 4 nitrogen and oxygen atoms in total. The van der Waals surface area contributed by atoms with Crippen molar-refractivity contribution in [3.63, 3.8) is 0 Å². The maximum absolute atomic E-state index is 8.37. The van der Waals surface area contributed by atoms with E-state index in [1.807, 2.05) is 6.07 Å². The van der Waals surface area contributed by atoms with E-state index in [4.69, 9.17) is 19.5 Å². The first-order valence-corrected chi connectivity index (χ1v) is 4.03. The van der Waals surface area contributed by atoms with Gasteiger partial charge in [0.2, 0.25) is 0 Å². The van der Waals surface area contributed by atoms with Crippen molar-refractivity contribution in [2.24, 2.45) is 0 Å². The number of ether oxygens (including phenoxy) is 3. The Balaban J connectivity index is 2.91. The van der Waals surface area contributed by atoms with Crippen LogP contribution in [0.25, 0.3) is 0 Å². The highest BCUT2D eigenvalue weighted by Gasteiger charge is 2.05. The van der Waals surface area contributed by atoms with Crippen molar-refractivity contribution in [1.29, 1.82) is 5.26 Å². The molecule has 1 rings (SSSR count). The Kier molecular flexibility index (Phi) is 3.62. The van der Waals surface area contributed by atoms with E-state index in [0.29, 0.717) is 17.2 Å². The van der Waals surface area contributed by atoms with Crippen LogP contribution < -0.4 is 14.2 Å². The Morgan fingerprint density at radius 2 is 2.00 bits per heavy atom. The van der Waals surface area contributed by atoms with Gasteiger partial charge in [0.05, 0.1) is 14.2 Å². The van der Waals surface area contributed by atoms with E-state index < -0.39 is 0 Å². The zero-order valence-electron chi connectivity index (χ0n) is 8.11. The highest BCUT2D eigenvalue weighted by atomic mass is 16.5. The lowest BCUT2D eigenvalue weighted by Crippen LogP contribution is -1.97. The van der Waals surface area contributed by atoms with Crippen LogP contribution in [-0.2, 0) is 0 Å². The molecule has 0 saturated carbocycles. The summed E-state index contributed by atoms with van der Waals surface area (Å²) < 4.78 is 15.2. The van der Waals surface area contributed by atoms with Crippen molar-refractivity contribution in [1.82, 2.24) is 0 Å². The first kappa shape index (κ1) is 10.2. The standard InChI is InChI=1S/C10H11NO3/c1-12-8-3-4-9(13-2)10(7-8)14-6-5-11/h3-4,7H,6H2,1-2H3. The molecule has 1 aromatic carbocycles. The fourth-order valence-electron chi connectivity index (χ4n) is 1.01. The van der Waals surface area contributed by atoms with Crippen LogP contribution in [0.2, 0.25) is 0 Å². The third-order valence-corrected chi connectivity index (χ3v) is 1.66. The molecule has 74 valence electrons. The monoisotopic (exact) mass is 193 g/mol. The zero-order chi connectivity index (χ0) is 10.4. The summed E-state index contributed by atoms with van der Waals surface area (Å²) in [6, 6.07) is 7.05. The van der Waals surface area contributed by atoms with E-state index >= 15 is 0 Å². The second-order valence-corrected chi connectivity index (χ2v) is 2.46. The lowest BCUT2D eigenvalue weighted by atomic mass is 10.3. The minimum absolute atomic E-state index is 0.0104. The molecule has 0 aliphatic carbocycles. The molecule has 1 aromatic rings. The molecule has 0 unspecified atom stereocenters. The molecule has 0 aromatic heterocycles. The highest BCUT2D eigenvalue weighted by molar-refractivity contribution is 5.45. The minimum Gasteiger partial charge on any atom is -0.497 e. The molecular formula is C10H11NO3. The van der Waals surface area contributed by atoms with E-state index in [1.165, 1.54) is 0 Å². The summed E-state index contributed by atoms with van der Waals surface area (Å²) in [5.41, 5.74) is 0. The van der Waals surface area contributed by atoms with Gasteiger partial charge in [0.1, 0.15) is 11.8 Å². The SMILES string of the molecule is COc1ccc(OC)c(OCC#N)c1.